The van der Waals surface area contributed by atoms with Crippen molar-refractivity contribution in [1.82, 2.24) is 25.0 Å². The summed E-state index contributed by atoms with van der Waals surface area (Å²) in [6, 6.07) is 4.02. The van der Waals surface area contributed by atoms with Crippen LogP contribution in [-0.2, 0) is 0 Å². The van der Waals surface area contributed by atoms with Crippen LogP contribution in [0.3, 0.4) is 0 Å². The molecule has 6 heteroatoms. The number of rotatable bonds is 4. The van der Waals surface area contributed by atoms with Crippen LogP contribution in [-0.4, -0.2) is 64.8 Å². The standard InChI is InChI=1S/C16H21BrN5/c1-12-10-13(17)11-14-16(12)18-15(20-19-14)4-3-5-22-8-6-21(2)7-9-22/h4,10-11H,3,5-9H2,1-2H3. The summed E-state index contributed by atoms with van der Waals surface area (Å²) in [5.74, 6) is 0.729. The third-order valence-electron chi connectivity index (χ3n) is 4.10. The molecule has 117 valence electrons. The van der Waals surface area contributed by atoms with E-state index in [0.717, 1.165) is 66.0 Å². The molecule has 0 atom stereocenters. The van der Waals surface area contributed by atoms with Crippen LogP contribution in [0.4, 0.5) is 0 Å². The molecule has 0 unspecified atom stereocenters. The second kappa shape index (κ2) is 6.98. The maximum absolute atomic E-state index is 4.63. The van der Waals surface area contributed by atoms with Gasteiger partial charge in [-0.1, -0.05) is 15.9 Å². The van der Waals surface area contributed by atoms with Gasteiger partial charge in [-0.3, -0.25) is 0 Å². The Balaban J connectivity index is 1.60. The molecule has 1 aromatic heterocycles. The smallest absolute Gasteiger partial charge is 0.155 e. The van der Waals surface area contributed by atoms with Crippen molar-refractivity contribution < 1.29 is 0 Å². The Bertz CT molecular complexity index is 652. The van der Waals surface area contributed by atoms with Crippen LogP contribution in [0.5, 0.6) is 0 Å². The topological polar surface area (TPSA) is 45.2 Å². The fourth-order valence-electron chi connectivity index (χ4n) is 2.72. The molecule has 0 bridgehead atoms. The van der Waals surface area contributed by atoms with Gasteiger partial charge in [0.2, 0.25) is 0 Å². The van der Waals surface area contributed by atoms with E-state index in [2.05, 4.69) is 67.4 Å². The Kier molecular flexibility index (Phi) is 5.00. The second-order valence-corrected chi connectivity index (χ2v) is 6.81. The van der Waals surface area contributed by atoms with Gasteiger partial charge in [0.15, 0.2) is 5.82 Å². The number of hydrogen-bond donors (Lipinski definition) is 0. The van der Waals surface area contributed by atoms with Gasteiger partial charge in [-0.25, -0.2) is 4.98 Å². The molecule has 1 saturated heterocycles. The van der Waals surface area contributed by atoms with Crippen LogP contribution in [0.2, 0.25) is 0 Å². The first-order valence-electron chi connectivity index (χ1n) is 7.66. The summed E-state index contributed by atoms with van der Waals surface area (Å²) in [6.45, 7) is 7.72. The monoisotopic (exact) mass is 362 g/mol. The highest BCUT2D eigenvalue weighted by atomic mass is 79.9. The fourth-order valence-corrected chi connectivity index (χ4v) is 3.28. The fraction of sp³-hybridized carbons (Fsp3) is 0.500. The lowest BCUT2D eigenvalue weighted by Crippen LogP contribution is -2.44. The number of likely N-dealkylation sites (N-methyl/N-ethyl adjacent to an activating group) is 1. The van der Waals surface area contributed by atoms with Gasteiger partial charge in [-0.05, 0) is 44.6 Å². The molecule has 3 rings (SSSR count). The highest BCUT2D eigenvalue weighted by Gasteiger charge is 2.13. The van der Waals surface area contributed by atoms with Gasteiger partial charge < -0.3 is 9.80 Å². The molecular weight excluding hydrogens is 342 g/mol. The van der Waals surface area contributed by atoms with Crippen molar-refractivity contribution in [2.75, 3.05) is 39.8 Å². The van der Waals surface area contributed by atoms with Crippen LogP contribution >= 0.6 is 15.9 Å². The van der Waals surface area contributed by atoms with E-state index in [0.29, 0.717) is 0 Å². The molecule has 22 heavy (non-hydrogen) atoms. The minimum atomic E-state index is 0.729. The number of fused-ring (bicyclic) bond motifs is 1. The molecule has 1 fully saturated rings. The van der Waals surface area contributed by atoms with E-state index in [4.69, 9.17) is 0 Å². The maximum atomic E-state index is 4.63. The van der Waals surface area contributed by atoms with Crippen LogP contribution in [0.1, 0.15) is 17.8 Å². The van der Waals surface area contributed by atoms with Gasteiger partial charge in [0.05, 0.1) is 5.52 Å². The first-order chi connectivity index (χ1) is 10.6. The average Bonchev–Trinajstić information content (AvgIpc) is 2.50. The number of benzene rings is 1. The molecule has 0 spiro atoms. The summed E-state index contributed by atoms with van der Waals surface area (Å²) < 4.78 is 1.01. The van der Waals surface area contributed by atoms with Gasteiger partial charge in [-0.2, -0.15) is 0 Å². The number of nitrogens with zero attached hydrogens (tertiary/aromatic N) is 5. The van der Waals surface area contributed by atoms with Crippen molar-refractivity contribution in [1.29, 1.82) is 0 Å². The number of hydrogen-bond acceptors (Lipinski definition) is 5. The van der Waals surface area contributed by atoms with E-state index in [1.807, 2.05) is 6.07 Å². The molecule has 0 saturated carbocycles. The van der Waals surface area contributed by atoms with Crippen molar-refractivity contribution in [3.63, 3.8) is 0 Å². The average molecular weight is 363 g/mol. The Morgan fingerprint density at radius 1 is 1.18 bits per heavy atom. The highest BCUT2D eigenvalue weighted by molar-refractivity contribution is 9.10. The summed E-state index contributed by atoms with van der Waals surface area (Å²) in [7, 11) is 2.18. The van der Waals surface area contributed by atoms with Crippen molar-refractivity contribution in [3.05, 3.63) is 34.4 Å². The second-order valence-electron chi connectivity index (χ2n) is 5.90. The Hall–Kier alpha value is -1.11. The van der Waals surface area contributed by atoms with E-state index in [-0.39, 0.29) is 0 Å². The predicted octanol–water partition coefficient (Wildman–Crippen LogP) is 2.29. The number of piperazine rings is 1. The molecule has 0 N–H and O–H groups in total. The lowest BCUT2D eigenvalue weighted by atomic mass is 10.2. The first kappa shape index (κ1) is 15.8. The van der Waals surface area contributed by atoms with E-state index in [9.17, 15) is 0 Å². The van der Waals surface area contributed by atoms with Crippen LogP contribution in [0.15, 0.2) is 16.6 Å². The van der Waals surface area contributed by atoms with Gasteiger partial charge in [0.25, 0.3) is 0 Å². The van der Waals surface area contributed by atoms with Crippen LogP contribution in [0, 0.1) is 13.3 Å². The lowest BCUT2D eigenvalue weighted by Gasteiger charge is -2.32. The minimum Gasteiger partial charge on any atom is -0.304 e. The number of halogens is 1. The molecule has 5 nitrogen and oxygen atoms in total. The van der Waals surface area contributed by atoms with Gasteiger partial charge >= 0.3 is 0 Å². The van der Waals surface area contributed by atoms with Gasteiger partial charge in [0, 0.05) is 37.1 Å². The Morgan fingerprint density at radius 3 is 2.73 bits per heavy atom. The van der Waals surface area contributed by atoms with Gasteiger partial charge in [-0.15, -0.1) is 10.2 Å². The quantitative estimate of drug-likeness (QED) is 0.834. The zero-order chi connectivity index (χ0) is 15.5. The summed E-state index contributed by atoms with van der Waals surface area (Å²) >= 11 is 3.48. The van der Waals surface area contributed by atoms with E-state index >= 15 is 0 Å². The van der Waals surface area contributed by atoms with E-state index in [1.165, 1.54) is 0 Å². The molecule has 1 aliphatic rings. The summed E-state index contributed by atoms with van der Waals surface area (Å²) in [4.78, 5) is 9.50. The largest absolute Gasteiger partial charge is 0.304 e. The third kappa shape index (κ3) is 3.80. The van der Waals surface area contributed by atoms with E-state index < -0.39 is 0 Å². The van der Waals surface area contributed by atoms with Crippen molar-refractivity contribution in [3.8, 4) is 0 Å². The Labute approximate surface area is 139 Å². The highest BCUT2D eigenvalue weighted by Crippen LogP contribution is 2.20. The number of aromatic nitrogens is 3. The normalized spacial score (nSPS) is 17.2. The SMILES string of the molecule is Cc1cc(Br)cc2nnc([CH]CCN3CCN(C)CC3)nc12. The zero-order valence-electron chi connectivity index (χ0n) is 13.1. The predicted molar refractivity (Wildman–Crippen MR) is 91.7 cm³/mol. The summed E-state index contributed by atoms with van der Waals surface area (Å²) in [5, 5.41) is 8.50. The molecule has 0 amide bonds. The molecule has 1 radical (unpaired) electrons. The molecule has 0 aliphatic carbocycles. The first-order valence-corrected chi connectivity index (χ1v) is 8.46. The van der Waals surface area contributed by atoms with Crippen LogP contribution in [0.25, 0.3) is 11.0 Å². The summed E-state index contributed by atoms with van der Waals surface area (Å²) in [6.07, 6.45) is 3.05. The van der Waals surface area contributed by atoms with Crippen molar-refractivity contribution in [2.45, 2.75) is 13.3 Å². The van der Waals surface area contributed by atoms with E-state index in [1.54, 1.807) is 0 Å². The molecule has 1 aliphatic heterocycles. The van der Waals surface area contributed by atoms with Crippen molar-refractivity contribution in [2.24, 2.45) is 0 Å². The maximum Gasteiger partial charge on any atom is 0.155 e. The minimum absolute atomic E-state index is 0.729. The molecule has 2 heterocycles. The van der Waals surface area contributed by atoms with Gasteiger partial charge in [0.1, 0.15) is 5.52 Å². The molecule has 2 aromatic rings. The molecular formula is C16H21BrN5. The van der Waals surface area contributed by atoms with Crippen molar-refractivity contribution >= 4 is 27.0 Å². The lowest BCUT2D eigenvalue weighted by molar-refractivity contribution is 0.155. The zero-order valence-corrected chi connectivity index (χ0v) is 14.7. The summed E-state index contributed by atoms with van der Waals surface area (Å²) in [5.41, 5.74) is 2.89. The number of aryl methyl sites for hydroxylation is 1. The van der Waals surface area contributed by atoms with Crippen LogP contribution < -0.4 is 0 Å². The third-order valence-corrected chi connectivity index (χ3v) is 4.56. The Morgan fingerprint density at radius 2 is 1.95 bits per heavy atom. The molecule has 1 aromatic carbocycles.